The van der Waals surface area contributed by atoms with Crippen molar-refractivity contribution in [1.29, 1.82) is 0 Å². The summed E-state index contributed by atoms with van der Waals surface area (Å²) in [6.07, 6.45) is 0.898. The minimum Gasteiger partial charge on any atom is -0.494 e. The first-order valence-electron chi connectivity index (χ1n) is 7.25. The zero-order valence-electron chi connectivity index (χ0n) is 12.9. The second-order valence-electron chi connectivity index (χ2n) is 4.57. The van der Waals surface area contributed by atoms with Gasteiger partial charge in [0.05, 0.1) is 13.2 Å². The molecule has 0 atom stereocenters. The first kappa shape index (κ1) is 16.8. The van der Waals surface area contributed by atoms with Gasteiger partial charge in [0.2, 0.25) is 0 Å². The molecule has 8 nitrogen and oxygen atoms in total. The fourth-order valence-corrected chi connectivity index (χ4v) is 1.95. The third-order valence-corrected chi connectivity index (χ3v) is 2.96. The summed E-state index contributed by atoms with van der Waals surface area (Å²) >= 11 is 5.07. The van der Waals surface area contributed by atoms with Crippen LogP contribution < -0.4 is 15.4 Å². The van der Waals surface area contributed by atoms with Crippen LogP contribution in [-0.4, -0.2) is 37.8 Å². The van der Waals surface area contributed by atoms with Gasteiger partial charge in [0, 0.05) is 5.56 Å². The van der Waals surface area contributed by atoms with Crippen LogP contribution in [0.3, 0.4) is 0 Å². The summed E-state index contributed by atoms with van der Waals surface area (Å²) < 4.78 is 5.33. The lowest BCUT2D eigenvalue weighted by Crippen LogP contribution is -2.34. The molecular weight excluding hydrogens is 316 g/mol. The lowest BCUT2D eigenvalue weighted by molar-refractivity contribution is 0.0977. The van der Waals surface area contributed by atoms with Gasteiger partial charge in [-0.05, 0) is 55.0 Å². The van der Waals surface area contributed by atoms with Crippen LogP contribution in [0.4, 0.5) is 5.95 Å². The Morgan fingerprint density at radius 3 is 2.70 bits per heavy atom. The lowest BCUT2D eigenvalue weighted by atomic mass is 10.2. The van der Waals surface area contributed by atoms with Crippen molar-refractivity contribution < 1.29 is 9.53 Å². The van der Waals surface area contributed by atoms with Gasteiger partial charge in [0.1, 0.15) is 5.75 Å². The van der Waals surface area contributed by atoms with Gasteiger partial charge in [-0.3, -0.25) is 15.4 Å². The topological polar surface area (TPSA) is 94.0 Å². The smallest absolute Gasteiger partial charge is 0.269 e. The van der Waals surface area contributed by atoms with E-state index in [9.17, 15) is 4.79 Å². The SMILES string of the molecule is CCCn1nnc(NC(=S)NC(=O)c2ccc(OCC)cc2)n1. The highest BCUT2D eigenvalue weighted by atomic mass is 32.1. The maximum atomic E-state index is 12.1. The number of rotatable bonds is 6. The summed E-state index contributed by atoms with van der Waals surface area (Å²) in [5.41, 5.74) is 0.472. The molecule has 0 saturated carbocycles. The Morgan fingerprint density at radius 1 is 1.30 bits per heavy atom. The van der Waals surface area contributed by atoms with E-state index >= 15 is 0 Å². The third kappa shape index (κ3) is 4.99. The molecule has 1 aromatic heterocycles. The molecule has 1 aromatic carbocycles. The average molecular weight is 334 g/mol. The minimum absolute atomic E-state index is 0.111. The number of nitrogens with one attached hydrogen (secondary N) is 2. The highest BCUT2D eigenvalue weighted by Crippen LogP contribution is 2.12. The number of ether oxygens (including phenoxy) is 1. The molecule has 0 aliphatic heterocycles. The quantitative estimate of drug-likeness (QED) is 0.775. The molecule has 0 aliphatic carbocycles. The average Bonchev–Trinajstić information content (AvgIpc) is 2.95. The van der Waals surface area contributed by atoms with Crippen molar-refractivity contribution in [3.63, 3.8) is 0 Å². The zero-order valence-corrected chi connectivity index (χ0v) is 13.8. The molecule has 0 bridgehead atoms. The Bertz CT molecular complexity index is 670. The third-order valence-electron chi connectivity index (χ3n) is 2.76. The van der Waals surface area contributed by atoms with Crippen LogP contribution in [0.15, 0.2) is 24.3 Å². The second kappa shape index (κ2) is 8.18. The predicted molar refractivity (Wildman–Crippen MR) is 89.4 cm³/mol. The monoisotopic (exact) mass is 334 g/mol. The van der Waals surface area contributed by atoms with Gasteiger partial charge in [-0.1, -0.05) is 12.0 Å². The van der Waals surface area contributed by atoms with Gasteiger partial charge in [-0.15, -0.1) is 5.10 Å². The number of carbonyl (C=O) groups is 1. The molecule has 0 radical (unpaired) electrons. The number of thiocarbonyl (C=S) groups is 1. The minimum atomic E-state index is -0.327. The molecule has 1 amide bonds. The van der Waals surface area contributed by atoms with E-state index in [0.717, 1.165) is 6.42 Å². The van der Waals surface area contributed by atoms with Crippen LogP contribution in [0.5, 0.6) is 5.75 Å². The first-order valence-corrected chi connectivity index (χ1v) is 7.66. The van der Waals surface area contributed by atoms with Crippen molar-refractivity contribution in [2.75, 3.05) is 11.9 Å². The number of anilines is 1. The van der Waals surface area contributed by atoms with Gasteiger partial charge in [0.15, 0.2) is 5.11 Å². The second-order valence-corrected chi connectivity index (χ2v) is 4.98. The summed E-state index contributed by atoms with van der Waals surface area (Å²) in [6, 6.07) is 6.79. The van der Waals surface area contributed by atoms with Crippen molar-refractivity contribution in [2.24, 2.45) is 0 Å². The maximum Gasteiger partial charge on any atom is 0.269 e. The van der Waals surface area contributed by atoms with E-state index in [1.54, 1.807) is 24.3 Å². The number of hydrogen-bond acceptors (Lipinski definition) is 6. The van der Waals surface area contributed by atoms with Crippen LogP contribution >= 0.6 is 12.2 Å². The standard InChI is InChI=1S/C14H18N6O2S/c1-3-9-20-18-13(17-19-20)16-14(23)15-12(21)10-5-7-11(8-6-10)22-4-2/h5-8H,3-4,9H2,1-2H3,(H2,15,16,18,21,23). The molecular formula is C14H18N6O2S. The van der Waals surface area contributed by atoms with E-state index in [2.05, 4.69) is 26.0 Å². The van der Waals surface area contributed by atoms with Crippen LogP contribution in [0, 0.1) is 0 Å². The van der Waals surface area contributed by atoms with Gasteiger partial charge < -0.3 is 4.74 Å². The Balaban J connectivity index is 1.89. The Labute approximate surface area is 139 Å². The van der Waals surface area contributed by atoms with Crippen molar-refractivity contribution in [3.05, 3.63) is 29.8 Å². The van der Waals surface area contributed by atoms with Gasteiger partial charge in [-0.25, -0.2) is 0 Å². The zero-order chi connectivity index (χ0) is 16.7. The molecule has 0 fully saturated rings. The molecule has 0 aliphatic rings. The molecule has 2 aromatic rings. The molecule has 2 N–H and O–H groups in total. The van der Waals surface area contributed by atoms with Crippen molar-refractivity contribution in [3.8, 4) is 5.75 Å². The van der Waals surface area contributed by atoms with Crippen LogP contribution in [0.25, 0.3) is 0 Å². The number of amides is 1. The van der Waals surface area contributed by atoms with Gasteiger partial charge in [0.25, 0.3) is 11.9 Å². The molecule has 9 heteroatoms. The van der Waals surface area contributed by atoms with Gasteiger partial charge >= 0.3 is 0 Å². The molecule has 1 heterocycles. The van der Waals surface area contributed by atoms with Crippen LogP contribution in [0.2, 0.25) is 0 Å². The number of benzene rings is 1. The van der Waals surface area contributed by atoms with Crippen molar-refractivity contribution >= 4 is 29.2 Å². The summed E-state index contributed by atoms with van der Waals surface area (Å²) in [4.78, 5) is 13.5. The molecule has 23 heavy (non-hydrogen) atoms. The van der Waals surface area contributed by atoms with Gasteiger partial charge in [-0.2, -0.15) is 4.80 Å². The van der Waals surface area contributed by atoms with E-state index < -0.39 is 0 Å². The molecule has 0 unspecified atom stereocenters. The van der Waals surface area contributed by atoms with E-state index in [-0.39, 0.29) is 17.0 Å². The van der Waals surface area contributed by atoms with E-state index in [4.69, 9.17) is 17.0 Å². The van der Waals surface area contributed by atoms with Crippen LogP contribution in [0.1, 0.15) is 30.6 Å². The number of nitrogens with zero attached hydrogens (tertiary/aromatic N) is 4. The number of carbonyl (C=O) groups excluding carboxylic acids is 1. The van der Waals surface area contributed by atoms with Crippen LogP contribution in [-0.2, 0) is 6.54 Å². The fraction of sp³-hybridized carbons (Fsp3) is 0.357. The van der Waals surface area contributed by atoms with Crippen molar-refractivity contribution in [1.82, 2.24) is 25.5 Å². The number of hydrogen-bond donors (Lipinski definition) is 2. The molecule has 0 saturated heterocycles. The maximum absolute atomic E-state index is 12.1. The molecule has 122 valence electrons. The first-order chi connectivity index (χ1) is 11.1. The van der Waals surface area contributed by atoms with E-state index in [1.807, 2.05) is 13.8 Å². The number of aromatic nitrogens is 4. The summed E-state index contributed by atoms with van der Waals surface area (Å²) in [6.45, 7) is 5.15. The Hall–Kier alpha value is -2.55. The highest BCUT2D eigenvalue weighted by Gasteiger charge is 2.10. The number of tetrazole rings is 1. The summed E-state index contributed by atoms with van der Waals surface area (Å²) in [5, 5.41) is 17.1. The largest absolute Gasteiger partial charge is 0.494 e. The van der Waals surface area contributed by atoms with E-state index in [1.165, 1.54) is 4.80 Å². The summed E-state index contributed by atoms with van der Waals surface area (Å²) in [7, 11) is 0. The Morgan fingerprint density at radius 2 is 2.04 bits per heavy atom. The normalized spacial score (nSPS) is 10.2. The van der Waals surface area contributed by atoms with E-state index in [0.29, 0.717) is 24.5 Å². The molecule has 0 spiro atoms. The predicted octanol–water partition coefficient (Wildman–Crippen LogP) is 1.61. The number of aryl methyl sites for hydroxylation is 1. The lowest BCUT2D eigenvalue weighted by Gasteiger charge is -2.07. The fourth-order valence-electron chi connectivity index (χ4n) is 1.77. The highest BCUT2D eigenvalue weighted by molar-refractivity contribution is 7.80. The Kier molecular flexibility index (Phi) is 5.98. The molecule has 2 rings (SSSR count). The van der Waals surface area contributed by atoms with Crippen molar-refractivity contribution in [2.45, 2.75) is 26.8 Å². The summed E-state index contributed by atoms with van der Waals surface area (Å²) in [5.74, 6) is 0.628.